The second-order valence-electron chi connectivity index (χ2n) is 8.92. The second kappa shape index (κ2) is 8.61. The van der Waals surface area contributed by atoms with E-state index in [1.54, 1.807) is 7.11 Å². The number of rotatable bonds is 5. The summed E-state index contributed by atoms with van der Waals surface area (Å²) in [6, 6.07) is 4.18. The lowest BCUT2D eigenvalue weighted by Crippen LogP contribution is -2.46. The number of piperidine rings is 1. The van der Waals surface area contributed by atoms with E-state index in [0.717, 1.165) is 43.1 Å². The molecule has 3 aromatic heterocycles. The van der Waals surface area contributed by atoms with Gasteiger partial charge < -0.3 is 19.1 Å². The van der Waals surface area contributed by atoms with Gasteiger partial charge in [0.2, 0.25) is 5.95 Å². The molecule has 0 aliphatic carbocycles. The van der Waals surface area contributed by atoms with Crippen molar-refractivity contribution in [1.82, 2.24) is 24.5 Å². The number of methoxy groups -OCH3 is 1. The highest BCUT2D eigenvalue weighted by Gasteiger charge is 2.32. The first kappa shape index (κ1) is 21.1. The molecule has 170 valence electrons. The Morgan fingerprint density at radius 1 is 1.06 bits per heavy atom. The standard InChI is InChI=1S/C23H30FN7O/c1-15-26-21-20(29(15)2)22(28-23(27-21)31-11-7-19(32-3)18(24)14-31)30-10-6-17(13-30)12-16-4-8-25-9-5-16/h4-5,8-9,17-19H,6-7,10-14H2,1-3H3/t17?,18-,19+/m0/s1. The number of pyridine rings is 1. The number of nitrogens with zero attached hydrogens (tertiary/aromatic N) is 7. The number of halogens is 1. The van der Waals surface area contributed by atoms with Crippen molar-refractivity contribution < 1.29 is 9.13 Å². The monoisotopic (exact) mass is 439 g/mol. The highest BCUT2D eigenvalue weighted by atomic mass is 19.1. The molecule has 8 nitrogen and oxygen atoms in total. The van der Waals surface area contributed by atoms with E-state index in [-0.39, 0.29) is 12.6 Å². The van der Waals surface area contributed by atoms with Gasteiger partial charge in [0.1, 0.15) is 17.5 Å². The normalized spacial score (nSPS) is 23.9. The van der Waals surface area contributed by atoms with Gasteiger partial charge in [-0.15, -0.1) is 0 Å². The number of anilines is 2. The lowest BCUT2D eigenvalue weighted by atomic mass is 10.00. The summed E-state index contributed by atoms with van der Waals surface area (Å²) in [6.45, 7) is 4.74. The summed E-state index contributed by atoms with van der Waals surface area (Å²) in [7, 11) is 3.57. The molecule has 0 amide bonds. The van der Waals surface area contributed by atoms with Crippen LogP contribution in [0.1, 0.15) is 24.2 Å². The second-order valence-corrected chi connectivity index (χ2v) is 8.92. The fraction of sp³-hybridized carbons (Fsp3) is 0.565. The van der Waals surface area contributed by atoms with Gasteiger partial charge in [0.25, 0.3) is 0 Å². The van der Waals surface area contributed by atoms with Gasteiger partial charge in [-0.2, -0.15) is 9.97 Å². The Morgan fingerprint density at radius 2 is 1.84 bits per heavy atom. The van der Waals surface area contributed by atoms with Crippen molar-refractivity contribution >= 4 is 22.9 Å². The minimum Gasteiger partial charge on any atom is -0.378 e. The third kappa shape index (κ3) is 3.90. The van der Waals surface area contributed by atoms with Crippen molar-refractivity contribution in [2.24, 2.45) is 13.0 Å². The molecule has 2 fully saturated rings. The number of alkyl halides is 1. The summed E-state index contributed by atoms with van der Waals surface area (Å²) in [5.74, 6) is 2.89. The number of aromatic nitrogens is 5. The number of hydrogen-bond donors (Lipinski definition) is 0. The van der Waals surface area contributed by atoms with Crippen LogP contribution in [-0.2, 0) is 18.2 Å². The molecular weight excluding hydrogens is 409 g/mol. The molecular formula is C23H30FN7O. The Labute approximate surface area is 187 Å². The van der Waals surface area contributed by atoms with Crippen LogP contribution >= 0.6 is 0 Å². The van der Waals surface area contributed by atoms with Crippen molar-refractivity contribution in [3.05, 3.63) is 35.9 Å². The van der Waals surface area contributed by atoms with Crippen LogP contribution in [0.25, 0.3) is 11.2 Å². The van der Waals surface area contributed by atoms with E-state index in [1.807, 2.05) is 31.3 Å². The van der Waals surface area contributed by atoms with Crippen molar-refractivity contribution in [1.29, 1.82) is 0 Å². The number of hydrogen-bond acceptors (Lipinski definition) is 7. The molecule has 2 aliphatic rings. The summed E-state index contributed by atoms with van der Waals surface area (Å²) in [6.07, 6.45) is 5.03. The molecule has 0 spiro atoms. The average molecular weight is 440 g/mol. The fourth-order valence-corrected chi connectivity index (χ4v) is 4.92. The molecule has 2 saturated heterocycles. The van der Waals surface area contributed by atoms with Gasteiger partial charge in [-0.1, -0.05) is 0 Å². The van der Waals surface area contributed by atoms with Crippen LogP contribution < -0.4 is 9.80 Å². The molecule has 3 aromatic rings. The van der Waals surface area contributed by atoms with Crippen molar-refractivity contribution in [3.8, 4) is 0 Å². The van der Waals surface area contributed by atoms with Gasteiger partial charge in [0, 0.05) is 46.2 Å². The fourth-order valence-electron chi connectivity index (χ4n) is 4.92. The largest absolute Gasteiger partial charge is 0.378 e. The molecule has 5 heterocycles. The lowest BCUT2D eigenvalue weighted by molar-refractivity contribution is 0.0194. The zero-order valence-corrected chi connectivity index (χ0v) is 18.9. The van der Waals surface area contributed by atoms with Crippen molar-refractivity contribution in [3.63, 3.8) is 0 Å². The smallest absolute Gasteiger partial charge is 0.229 e. The van der Waals surface area contributed by atoms with Gasteiger partial charge in [-0.25, -0.2) is 9.37 Å². The Bertz CT molecular complexity index is 1090. The number of ether oxygens (including phenoxy) is 1. The first-order valence-corrected chi connectivity index (χ1v) is 11.3. The molecule has 0 radical (unpaired) electrons. The topological polar surface area (TPSA) is 72.2 Å². The molecule has 0 bridgehead atoms. The predicted octanol–water partition coefficient (Wildman–Crippen LogP) is 2.70. The summed E-state index contributed by atoms with van der Waals surface area (Å²) in [5, 5.41) is 0. The zero-order valence-electron chi connectivity index (χ0n) is 18.9. The molecule has 0 N–H and O–H groups in total. The SMILES string of the molecule is CO[C@@H]1CCN(c2nc(N3CCC(Cc4ccncc4)C3)c3c(n2)nc(C)n3C)C[C@@H]1F. The molecule has 2 aliphatic heterocycles. The summed E-state index contributed by atoms with van der Waals surface area (Å²) < 4.78 is 21.9. The van der Waals surface area contributed by atoms with Crippen LogP contribution in [0.4, 0.5) is 16.2 Å². The average Bonchev–Trinajstić information content (AvgIpc) is 3.38. The van der Waals surface area contributed by atoms with E-state index in [2.05, 4.69) is 31.6 Å². The van der Waals surface area contributed by atoms with E-state index < -0.39 is 6.17 Å². The van der Waals surface area contributed by atoms with Crippen LogP contribution in [0, 0.1) is 12.8 Å². The van der Waals surface area contributed by atoms with E-state index >= 15 is 0 Å². The minimum absolute atomic E-state index is 0.236. The van der Waals surface area contributed by atoms with Gasteiger partial charge in [-0.3, -0.25) is 4.98 Å². The molecule has 3 atom stereocenters. The zero-order chi connectivity index (χ0) is 22.2. The summed E-state index contributed by atoms with van der Waals surface area (Å²) in [5.41, 5.74) is 2.93. The van der Waals surface area contributed by atoms with Crippen LogP contribution in [0.15, 0.2) is 24.5 Å². The molecule has 0 aromatic carbocycles. The van der Waals surface area contributed by atoms with Gasteiger partial charge in [0.05, 0.1) is 12.6 Å². The molecule has 9 heteroatoms. The molecule has 5 rings (SSSR count). The maximum Gasteiger partial charge on any atom is 0.229 e. The Morgan fingerprint density at radius 3 is 2.59 bits per heavy atom. The van der Waals surface area contributed by atoms with Gasteiger partial charge in [0.15, 0.2) is 11.5 Å². The first-order chi connectivity index (χ1) is 15.5. The Balaban J connectivity index is 1.44. The predicted molar refractivity (Wildman–Crippen MR) is 122 cm³/mol. The van der Waals surface area contributed by atoms with E-state index in [0.29, 0.717) is 30.5 Å². The lowest BCUT2D eigenvalue weighted by Gasteiger charge is -2.34. The Hall–Kier alpha value is -2.81. The highest BCUT2D eigenvalue weighted by Crippen LogP contribution is 2.32. The molecule has 0 saturated carbocycles. The number of fused-ring (bicyclic) bond motifs is 1. The van der Waals surface area contributed by atoms with E-state index in [4.69, 9.17) is 14.7 Å². The highest BCUT2D eigenvalue weighted by molar-refractivity contribution is 5.86. The molecule has 32 heavy (non-hydrogen) atoms. The summed E-state index contributed by atoms with van der Waals surface area (Å²) in [4.78, 5) is 22.8. The van der Waals surface area contributed by atoms with Crippen LogP contribution in [0.2, 0.25) is 0 Å². The number of imidazole rings is 1. The summed E-state index contributed by atoms with van der Waals surface area (Å²) >= 11 is 0. The van der Waals surface area contributed by atoms with Crippen molar-refractivity contribution in [2.45, 2.75) is 38.5 Å². The van der Waals surface area contributed by atoms with Gasteiger partial charge in [-0.05, 0) is 49.8 Å². The maximum absolute atomic E-state index is 14.6. The minimum atomic E-state index is -1.06. The maximum atomic E-state index is 14.6. The van der Waals surface area contributed by atoms with Crippen LogP contribution in [0.3, 0.4) is 0 Å². The third-order valence-electron chi connectivity index (χ3n) is 6.85. The van der Waals surface area contributed by atoms with E-state index in [9.17, 15) is 4.39 Å². The first-order valence-electron chi connectivity index (χ1n) is 11.3. The van der Waals surface area contributed by atoms with Crippen LogP contribution in [-0.4, -0.2) is 70.1 Å². The van der Waals surface area contributed by atoms with E-state index in [1.165, 1.54) is 5.56 Å². The number of aryl methyl sites for hydroxylation is 2. The molecule has 1 unspecified atom stereocenters. The van der Waals surface area contributed by atoms with Crippen LogP contribution in [0.5, 0.6) is 0 Å². The van der Waals surface area contributed by atoms with Gasteiger partial charge >= 0.3 is 0 Å². The Kier molecular flexibility index (Phi) is 5.67. The quantitative estimate of drug-likeness (QED) is 0.605. The third-order valence-corrected chi connectivity index (χ3v) is 6.85. The van der Waals surface area contributed by atoms with Crippen molar-refractivity contribution in [2.75, 3.05) is 43.1 Å².